The Morgan fingerprint density at radius 3 is 2.38 bits per heavy atom. The number of benzene rings is 2. The van der Waals surface area contributed by atoms with Crippen molar-refractivity contribution in [1.29, 1.82) is 0 Å². The Morgan fingerprint density at radius 2 is 1.70 bits per heavy atom. The fraction of sp³-hybridized carbons (Fsp3) is 0.290. The average Bonchev–Trinajstić information content (AvgIpc) is 3.58. The van der Waals surface area contributed by atoms with Crippen LogP contribution < -0.4 is 10.6 Å². The van der Waals surface area contributed by atoms with Gasteiger partial charge in [0.1, 0.15) is 9.88 Å². The maximum absolute atomic E-state index is 13.1. The summed E-state index contributed by atoms with van der Waals surface area (Å²) in [6, 6.07) is 13.7. The molecule has 0 bridgehead atoms. The summed E-state index contributed by atoms with van der Waals surface area (Å²) in [5.74, 6) is -2.01. The first-order valence-electron chi connectivity index (χ1n) is 14.4. The van der Waals surface area contributed by atoms with E-state index in [2.05, 4.69) is 20.8 Å². The molecule has 0 spiro atoms. The molecule has 0 radical (unpaired) electrons. The Hall–Kier alpha value is -5.09. The molecular formula is C31H32N6O8S2. The molecule has 0 aliphatic carbocycles. The summed E-state index contributed by atoms with van der Waals surface area (Å²) in [5, 5.41) is 25.8. The van der Waals surface area contributed by atoms with Gasteiger partial charge >= 0.3 is 11.9 Å². The van der Waals surface area contributed by atoms with Crippen LogP contribution >= 0.6 is 23.1 Å². The number of rotatable bonds is 14. The third-order valence-electron chi connectivity index (χ3n) is 6.72. The van der Waals surface area contributed by atoms with Crippen molar-refractivity contribution in [2.75, 3.05) is 24.3 Å². The van der Waals surface area contributed by atoms with Gasteiger partial charge in [0.15, 0.2) is 11.0 Å². The van der Waals surface area contributed by atoms with Crippen LogP contribution in [0.15, 0.2) is 53.7 Å². The fourth-order valence-electron chi connectivity index (χ4n) is 4.42. The molecule has 47 heavy (non-hydrogen) atoms. The van der Waals surface area contributed by atoms with Crippen molar-refractivity contribution in [2.24, 2.45) is 0 Å². The lowest BCUT2D eigenvalue weighted by Crippen LogP contribution is -2.25. The highest BCUT2D eigenvalue weighted by molar-refractivity contribution is 7.99. The Labute approximate surface area is 278 Å². The summed E-state index contributed by atoms with van der Waals surface area (Å²) in [6.45, 7) is 7.05. The number of ether oxygens (including phenoxy) is 2. The zero-order valence-electron chi connectivity index (χ0n) is 26.0. The van der Waals surface area contributed by atoms with Crippen LogP contribution in [0.3, 0.4) is 0 Å². The van der Waals surface area contributed by atoms with Crippen LogP contribution in [-0.2, 0) is 27.4 Å². The van der Waals surface area contributed by atoms with E-state index < -0.39 is 28.7 Å². The lowest BCUT2D eigenvalue weighted by atomic mass is 10.1. The number of carbonyl (C=O) groups excluding carboxylic acids is 4. The van der Waals surface area contributed by atoms with Crippen molar-refractivity contribution in [3.8, 4) is 0 Å². The van der Waals surface area contributed by atoms with E-state index in [0.717, 1.165) is 28.7 Å². The first-order valence-corrected chi connectivity index (χ1v) is 16.2. The van der Waals surface area contributed by atoms with Crippen molar-refractivity contribution < 1.29 is 33.6 Å². The van der Waals surface area contributed by atoms with E-state index in [9.17, 15) is 29.3 Å². The summed E-state index contributed by atoms with van der Waals surface area (Å²) < 4.78 is 12.0. The Balaban J connectivity index is 1.52. The molecule has 4 aromatic rings. The molecule has 14 nitrogen and oxygen atoms in total. The summed E-state index contributed by atoms with van der Waals surface area (Å²) >= 11 is 2.02. The van der Waals surface area contributed by atoms with Gasteiger partial charge < -0.3 is 24.7 Å². The van der Waals surface area contributed by atoms with Gasteiger partial charge in [-0.05, 0) is 44.9 Å². The van der Waals surface area contributed by atoms with Gasteiger partial charge in [-0.1, -0.05) is 48.2 Å². The molecule has 0 aliphatic rings. The normalized spacial score (nSPS) is 10.7. The molecule has 246 valence electrons. The van der Waals surface area contributed by atoms with Crippen LogP contribution in [0.25, 0.3) is 0 Å². The third kappa shape index (κ3) is 8.59. The minimum Gasteiger partial charge on any atom is -0.462 e. The highest BCUT2D eigenvalue weighted by Gasteiger charge is 2.27. The maximum Gasteiger partial charge on any atom is 0.348 e. The van der Waals surface area contributed by atoms with Gasteiger partial charge in [-0.2, -0.15) is 0 Å². The Bertz CT molecular complexity index is 1800. The summed E-state index contributed by atoms with van der Waals surface area (Å²) in [4.78, 5) is 62.2. The lowest BCUT2D eigenvalue weighted by molar-refractivity contribution is -0.385. The van der Waals surface area contributed by atoms with Crippen LogP contribution in [0.2, 0.25) is 0 Å². The number of aromatic nitrogens is 3. The van der Waals surface area contributed by atoms with E-state index in [-0.39, 0.29) is 52.2 Å². The second-order valence-electron chi connectivity index (χ2n) is 9.95. The number of nitrogens with zero attached hydrogens (tertiary/aromatic N) is 4. The van der Waals surface area contributed by atoms with Gasteiger partial charge in [-0.3, -0.25) is 19.7 Å². The van der Waals surface area contributed by atoms with E-state index in [1.54, 1.807) is 32.3 Å². The smallest absolute Gasteiger partial charge is 0.348 e. The van der Waals surface area contributed by atoms with Crippen molar-refractivity contribution in [2.45, 2.75) is 45.9 Å². The minimum atomic E-state index is -0.672. The van der Waals surface area contributed by atoms with Crippen molar-refractivity contribution in [3.05, 3.63) is 97.2 Å². The van der Waals surface area contributed by atoms with Crippen LogP contribution in [0.1, 0.15) is 66.7 Å². The quantitative estimate of drug-likeness (QED) is 0.0797. The first-order chi connectivity index (χ1) is 22.5. The zero-order valence-corrected chi connectivity index (χ0v) is 27.7. The molecule has 0 atom stereocenters. The Kier molecular flexibility index (Phi) is 11.8. The third-order valence-corrected chi connectivity index (χ3v) is 8.88. The average molecular weight is 681 g/mol. The van der Waals surface area contributed by atoms with Gasteiger partial charge in [0.2, 0.25) is 5.91 Å². The maximum atomic E-state index is 13.1. The van der Waals surface area contributed by atoms with E-state index >= 15 is 0 Å². The molecule has 2 amide bonds. The van der Waals surface area contributed by atoms with Gasteiger partial charge in [0.05, 0.1) is 42.5 Å². The number of nitro benzene ring substituents is 1. The predicted octanol–water partition coefficient (Wildman–Crippen LogP) is 4.93. The standard InChI is InChI=1S/C31H32N6O8S2/c1-5-44-29(40)25-19(4)26(30(41)45-6-2)47-28(25)33-24(38)17-46-31-35-34-23(36(31)16-20-10-8-7-9-11-20)15-32-27(39)21-13-12-18(3)22(14-21)37(42)43/h7-14H,5-6,15-17H2,1-4H3,(H,32,39)(H,33,38). The number of nitrogens with one attached hydrogen (secondary N) is 2. The van der Waals surface area contributed by atoms with Crippen LogP contribution in [0.5, 0.6) is 0 Å². The zero-order chi connectivity index (χ0) is 34.1. The molecule has 2 aromatic heterocycles. The predicted molar refractivity (Wildman–Crippen MR) is 175 cm³/mol. The number of thioether (sulfide) groups is 1. The van der Waals surface area contributed by atoms with E-state index in [1.165, 1.54) is 18.2 Å². The van der Waals surface area contributed by atoms with Crippen molar-refractivity contribution >= 4 is 57.5 Å². The molecular weight excluding hydrogens is 649 g/mol. The number of hydrogen-bond donors (Lipinski definition) is 2. The van der Waals surface area contributed by atoms with E-state index in [4.69, 9.17) is 9.47 Å². The first kappa shape index (κ1) is 34.8. The second-order valence-corrected chi connectivity index (χ2v) is 11.9. The lowest BCUT2D eigenvalue weighted by Gasteiger charge is -2.11. The number of hydrogen-bond acceptors (Lipinski definition) is 12. The van der Waals surface area contributed by atoms with Crippen LogP contribution in [0.4, 0.5) is 10.7 Å². The molecule has 2 aromatic carbocycles. The van der Waals surface area contributed by atoms with E-state index in [0.29, 0.717) is 28.7 Å². The molecule has 2 N–H and O–H groups in total. The SMILES string of the molecule is CCOC(=O)c1sc(NC(=O)CSc2nnc(CNC(=O)c3ccc(C)c([N+](=O)[O-])c3)n2Cc2ccccc2)c(C(=O)OCC)c1C. The highest BCUT2D eigenvalue weighted by Crippen LogP contribution is 2.34. The van der Waals surface area contributed by atoms with Gasteiger partial charge in [0, 0.05) is 17.2 Å². The summed E-state index contributed by atoms with van der Waals surface area (Å²) in [6.07, 6.45) is 0. The number of carbonyl (C=O) groups is 4. The Morgan fingerprint density at radius 1 is 1.00 bits per heavy atom. The van der Waals surface area contributed by atoms with E-state index in [1.807, 2.05) is 30.3 Å². The number of thiophene rings is 1. The molecule has 0 fully saturated rings. The van der Waals surface area contributed by atoms with Gasteiger partial charge in [0.25, 0.3) is 11.6 Å². The number of anilines is 1. The molecule has 16 heteroatoms. The molecule has 0 saturated carbocycles. The monoisotopic (exact) mass is 680 g/mol. The number of amides is 2. The van der Waals surface area contributed by atoms with Gasteiger partial charge in [-0.25, -0.2) is 9.59 Å². The van der Waals surface area contributed by atoms with Crippen molar-refractivity contribution in [3.63, 3.8) is 0 Å². The largest absolute Gasteiger partial charge is 0.462 e. The topological polar surface area (TPSA) is 185 Å². The molecule has 0 unspecified atom stereocenters. The highest BCUT2D eigenvalue weighted by atomic mass is 32.2. The molecule has 0 aliphatic heterocycles. The number of aryl methyl sites for hydroxylation is 1. The fourth-order valence-corrected chi connectivity index (χ4v) is 6.29. The minimum absolute atomic E-state index is 0.0406. The second kappa shape index (κ2) is 16.0. The van der Waals surface area contributed by atoms with Gasteiger partial charge in [-0.15, -0.1) is 21.5 Å². The summed E-state index contributed by atoms with van der Waals surface area (Å²) in [5.41, 5.74) is 1.75. The van der Waals surface area contributed by atoms with Crippen molar-refractivity contribution in [1.82, 2.24) is 20.1 Å². The molecule has 2 heterocycles. The molecule has 0 saturated heterocycles. The molecule has 4 rings (SSSR count). The summed E-state index contributed by atoms with van der Waals surface area (Å²) in [7, 11) is 0. The number of nitro groups is 1. The van der Waals surface area contributed by atoms with Crippen LogP contribution in [-0.4, -0.2) is 62.4 Å². The van der Waals surface area contributed by atoms with Crippen LogP contribution in [0, 0.1) is 24.0 Å². The number of esters is 2.